The zero-order valence-electron chi connectivity index (χ0n) is 24.2. The largest absolute Gasteiger partial charge is 0.376 e. The van der Waals surface area contributed by atoms with Gasteiger partial charge in [-0.3, -0.25) is 24.3 Å². The van der Waals surface area contributed by atoms with Gasteiger partial charge < -0.3 is 25.2 Å². The molecule has 220 valence electrons. The number of aromatic nitrogens is 2. The molecule has 40 heavy (non-hydrogen) atoms. The summed E-state index contributed by atoms with van der Waals surface area (Å²) < 4.78 is 6.13. The molecule has 0 unspecified atom stereocenters. The molecule has 4 amide bonds. The predicted octanol–water partition coefficient (Wildman–Crippen LogP) is 1.57. The van der Waals surface area contributed by atoms with E-state index in [1.54, 1.807) is 18.1 Å². The van der Waals surface area contributed by atoms with Crippen LogP contribution in [-0.4, -0.2) is 95.6 Å². The van der Waals surface area contributed by atoms with E-state index in [9.17, 15) is 19.2 Å². The molecule has 1 spiro atoms. The molecule has 0 bridgehead atoms. The number of carbonyl (C=O) groups excluding carboxylic acids is 4. The number of ether oxygens (including phenoxy) is 1. The second kappa shape index (κ2) is 11.1. The van der Waals surface area contributed by atoms with E-state index in [-0.39, 0.29) is 41.5 Å². The third-order valence-corrected chi connectivity index (χ3v) is 9.75. The summed E-state index contributed by atoms with van der Waals surface area (Å²) in [4.78, 5) is 56.5. The number of hydrogen-bond donors (Lipinski definition) is 3. The number of likely N-dealkylation sites (N-methyl/N-ethyl adjacent to an activating group) is 1. The van der Waals surface area contributed by atoms with Gasteiger partial charge in [0, 0.05) is 57.4 Å². The van der Waals surface area contributed by atoms with Crippen LogP contribution in [0.15, 0.2) is 12.4 Å². The van der Waals surface area contributed by atoms with Crippen LogP contribution in [0.3, 0.4) is 0 Å². The van der Waals surface area contributed by atoms with Crippen molar-refractivity contribution in [1.82, 2.24) is 30.6 Å². The quantitative estimate of drug-likeness (QED) is 0.422. The van der Waals surface area contributed by atoms with Gasteiger partial charge in [0.1, 0.15) is 6.04 Å². The maximum atomic E-state index is 13.9. The minimum absolute atomic E-state index is 0.0157. The topological polar surface area (TPSA) is 137 Å². The third kappa shape index (κ3) is 5.62. The highest BCUT2D eigenvalue weighted by Gasteiger charge is 2.62. The summed E-state index contributed by atoms with van der Waals surface area (Å²) >= 11 is 0. The molecule has 11 heteroatoms. The molecular weight excluding hydrogens is 512 g/mol. The second-order valence-electron chi connectivity index (χ2n) is 13.2. The first kappa shape index (κ1) is 28.6. The Hall–Kier alpha value is -2.95. The van der Waals surface area contributed by atoms with E-state index >= 15 is 0 Å². The molecule has 0 radical (unpaired) electrons. The van der Waals surface area contributed by atoms with E-state index in [1.165, 1.54) is 25.5 Å². The zero-order chi connectivity index (χ0) is 28.7. The standard InChI is InChI=1S/C29H44N6O5/c1-18(40-14-19-8-6-5-7-9-19)23(25(37)30-4)33-24(36)22-13-34(26(38)20-11-31-32-12-20)15-29(22)16-35(17-29)27(39)21-10-28(21,2)3/h11-12,18-19,21-23H,5-10,13-17H2,1-4H3,(H,30,37)(H,31,32)(H,33,36)/t18-,21-,22+,23+/m1/s1. The fourth-order valence-electron chi connectivity index (χ4n) is 6.88. The van der Waals surface area contributed by atoms with Gasteiger partial charge in [-0.25, -0.2) is 0 Å². The number of hydrogen-bond acceptors (Lipinski definition) is 6. The Morgan fingerprint density at radius 3 is 2.38 bits per heavy atom. The van der Waals surface area contributed by atoms with Gasteiger partial charge in [-0.2, -0.15) is 5.10 Å². The molecule has 4 atom stereocenters. The van der Waals surface area contributed by atoms with Crippen molar-refractivity contribution in [3.8, 4) is 0 Å². The zero-order valence-corrected chi connectivity index (χ0v) is 24.2. The van der Waals surface area contributed by atoms with Gasteiger partial charge in [-0.15, -0.1) is 0 Å². The lowest BCUT2D eigenvalue weighted by atomic mass is 9.70. The molecule has 2 aliphatic carbocycles. The lowest BCUT2D eigenvalue weighted by Crippen LogP contribution is -2.65. The summed E-state index contributed by atoms with van der Waals surface area (Å²) in [7, 11) is 1.55. The molecule has 3 heterocycles. The molecule has 4 fully saturated rings. The molecule has 5 rings (SSSR count). The Morgan fingerprint density at radius 1 is 1.10 bits per heavy atom. The van der Waals surface area contributed by atoms with E-state index < -0.39 is 23.5 Å². The maximum Gasteiger partial charge on any atom is 0.257 e. The molecule has 3 N–H and O–H groups in total. The molecule has 2 saturated heterocycles. The third-order valence-electron chi connectivity index (χ3n) is 9.75. The van der Waals surface area contributed by atoms with Crippen LogP contribution in [0, 0.1) is 28.6 Å². The Kier molecular flexibility index (Phi) is 7.96. The van der Waals surface area contributed by atoms with Crippen molar-refractivity contribution in [1.29, 1.82) is 0 Å². The first-order chi connectivity index (χ1) is 19.0. The van der Waals surface area contributed by atoms with Crippen molar-refractivity contribution in [3.05, 3.63) is 18.0 Å². The molecule has 2 saturated carbocycles. The average molecular weight is 557 g/mol. The number of nitrogens with zero attached hydrogens (tertiary/aromatic N) is 3. The van der Waals surface area contributed by atoms with Crippen molar-refractivity contribution in [2.75, 3.05) is 39.8 Å². The summed E-state index contributed by atoms with van der Waals surface area (Å²) in [6, 6.07) is -0.859. The molecule has 1 aromatic heterocycles. The van der Waals surface area contributed by atoms with Crippen LogP contribution in [0.5, 0.6) is 0 Å². The predicted molar refractivity (Wildman–Crippen MR) is 147 cm³/mol. The van der Waals surface area contributed by atoms with Gasteiger partial charge in [-0.05, 0) is 37.5 Å². The second-order valence-corrected chi connectivity index (χ2v) is 13.2. The molecule has 0 aromatic carbocycles. The average Bonchev–Trinajstić information content (AvgIpc) is 3.30. The van der Waals surface area contributed by atoms with Crippen molar-refractivity contribution in [3.63, 3.8) is 0 Å². The molecule has 1 aromatic rings. The van der Waals surface area contributed by atoms with Gasteiger partial charge in [-0.1, -0.05) is 33.1 Å². The molecule has 2 aliphatic heterocycles. The first-order valence-corrected chi connectivity index (χ1v) is 14.7. The Morgan fingerprint density at radius 2 is 1.77 bits per heavy atom. The minimum atomic E-state index is -0.859. The monoisotopic (exact) mass is 556 g/mol. The number of aromatic amines is 1. The van der Waals surface area contributed by atoms with E-state index in [0.29, 0.717) is 37.7 Å². The summed E-state index contributed by atoms with van der Waals surface area (Å²) in [5, 5.41) is 12.2. The number of likely N-dealkylation sites (tertiary alicyclic amines) is 2. The van der Waals surface area contributed by atoms with Gasteiger partial charge in [0.2, 0.25) is 17.7 Å². The lowest BCUT2D eigenvalue weighted by Gasteiger charge is -2.50. The highest BCUT2D eigenvalue weighted by molar-refractivity contribution is 5.95. The summed E-state index contributed by atoms with van der Waals surface area (Å²) in [5.74, 6) is -0.745. The van der Waals surface area contributed by atoms with Gasteiger partial charge >= 0.3 is 0 Å². The molecule has 4 aliphatic rings. The van der Waals surface area contributed by atoms with Crippen LogP contribution in [-0.2, 0) is 19.1 Å². The smallest absolute Gasteiger partial charge is 0.257 e. The van der Waals surface area contributed by atoms with Crippen molar-refractivity contribution in [2.45, 2.75) is 71.4 Å². The Labute approximate surface area is 236 Å². The van der Waals surface area contributed by atoms with E-state index in [2.05, 4.69) is 34.7 Å². The van der Waals surface area contributed by atoms with Gasteiger partial charge in [0.15, 0.2) is 0 Å². The van der Waals surface area contributed by atoms with E-state index in [4.69, 9.17) is 4.74 Å². The number of amides is 4. The van der Waals surface area contributed by atoms with Crippen LogP contribution in [0.4, 0.5) is 0 Å². The normalized spacial score (nSPS) is 26.6. The summed E-state index contributed by atoms with van der Waals surface area (Å²) in [6.45, 7) is 8.00. The van der Waals surface area contributed by atoms with Crippen molar-refractivity contribution in [2.24, 2.45) is 28.6 Å². The highest BCUT2D eigenvalue weighted by atomic mass is 16.5. The summed E-state index contributed by atoms with van der Waals surface area (Å²) in [5.41, 5.74) is -0.113. The van der Waals surface area contributed by atoms with Gasteiger partial charge in [0.05, 0.1) is 23.8 Å². The van der Waals surface area contributed by atoms with Crippen LogP contribution in [0.1, 0.15) is 69.7 Å². The minimum Gasteiger partial charge on any atom is -0.376 e. The number of H-pyrrole nitrogens is 1. The molecule has 11 nitrogen and oxygen atoms in total. The van der Waals surface area contributed by atoms with Crippen LogP contribution in [0.2, 0.25) is 0 Å². The first-order valence-electron chi connectivity index (χ1n) is 14.7. The Balaban J connectivity index is 1.28. The highest BCUT2D eigenvalue weighted by Crippen LogP contribution is 2.54. The SMILES string of the molecule is CNC(=O)[C@@H](NC(=O)[C@@H]1CN(C(=O)c2cn[nH]c2)CC12CN(C(=O)[C@H]1CC1(C)C)C2)[C@@H](C)OCC1CCCCC1. The Bertz CT molecular complexity index is 1110. The van der Waals surface area contributed by atoms with Crippen LogP contribution >= 0.6 is 0 Å². The molecular formula is C29H44N6O5. The number of nitrogens with one attached hydrogen (secondary N) is 3. The van der Waals surface area contributed by atoms with Crippen LogP contribution < -0.4 is 10.6 Å². The summed E-state index contributed by atoms with van der Waals surface area (Å²) in [6.07, 6.45) is 9.29. The fraction of sp³-hybridized carbons (Fsp3) is 0.759. The number of carbonyl (C=O) groups is 4. The fourth-order valence-corrected chi connectivity index (χ4v) is 6.88. The van der Waals surface area contributed by atoms with Crippen molar-refractivity contribution >= 4 is 23.6 Å². The van der Waals surface area contributed by atoms with E-state index in [1.807, 2.05) is 11.8 Å². The van der Waals surface area contributed by atoms with Crippen LogP contribution in [0.25, 0.3) is 0 Å². The lowest BCUT2D eigenvalue weighted by molar-refractivity contribution is -0.152. The van der Waals surface area contributed by atoms with E-state index in [0.717, 1.165) is 19.3 Å². The number of rotatable bonds is 9. The maximum absolute atomic E-state index is 13.9. The van der Waals surface area contributed by atoms with Crippen molar-refractivity contribution < 1.29 is 23.9 Å². The van der Waals surface area contributed by atoms with Gasteiger partial charge in [0.25, 0.3) is 5.91 Å².